The van der Waals surface area contributed by atoms with Crippen molar-refractivity contribution in [2.45, 2.75) is 50.1 Å². The monoisotopic (exact) mass is 397 g/mol. The molecule has 0 aliphatic heterocycles. The SMILES string of the molecule is Cc1ccc(-c2nc(C3CCCCC3)sc2-c2ccnc(S(C)=O)n2)cc1. The fourth-order valence-electron chi connectivity index (χ4n) is 3.55. The summed E-state index contributed by atoms with van der Waals surface area (Å²) in [5.41, 5.74) is 4.12. The third kappa shape index (κ3) is 4.01. The number of aryl methyl sites for hydroxylation is 1. The summed E-state index contributed by atoms with van der Waals surface area (Å²) in [5, 5.41) is 1.58. The van der Waals surface area contributed by atoms with Crippen LogP contribution >= 0.6 is 11.3 Å². The molecule has 0 amide bonds. The van der Waals surface area contributed by atoms with Gasteiger partial charge in [-0.3, -0.25) is 4.21 Å². The molecule has 140 valence electrons. The standard InChI is InChI=1S/C21H23N3OS2/c1-14-8-10-15(11-9-14)18-19(17-12-13-22-21(23-17)27(2)25)26-20(24-18)16-6-4-3-5-7-16/h8-13,16H,3-7H2,1-2H3. The molecule has 1 fully saturated rings. The molecule has 6 heteroatoms. The van der Waals surface area contributed by atoms with Crippen LogP contribution in [0.3, 0.4) is 0 Å². The molecule has 3 aromatic rings. The van der Waals surface area contributed by atoms with Gasteiger partial charge < -0.3 is 0 Å². The first-order chi connectivity index (χ1) is 13.1. The van der Waals surface area contributed by atoms with E-state index in [2.05, 4.69) is 41.2 Å². The van der Waals surface area contributed by atoms with E-state index in [0.717, 1.165) is 21.8 Å². The summed E-state index contributed by atoms with van der Waals surface area (Å²) in [6.45, 7) is 2.09. The van der Waals surface area contributed by atoms with Crippen molar-refractivity contribution in [3.8, 4) is 21.8 Å². The van der Waals surface area contributed by atoms with Gasteiger partial charge in [0.25, 0.3) is 0 Å². The van der Waals surface area contributed by atoms with E-state index >= 15 is 0 Å². The second-order valence-electron chi connectivity index (χ2n) is 7.11. The Morgan fingerprint density at radius 1 is 1.04 bits per heavy atom. The highest BCUT2D eigenvalue weighted by Crippen LogP contribution is 2.42. The first kappa shape index (κ1) is 18.4. The van der Waals surface area contributed by atoms with Gasteiger partial charge in [-0.1, -0.05) is 49.1 Å². The summed E-state index contributed by atoms with van der Waals surface area (Å²) in [6.07, 6.45) is 9.63. The Morgan fingerprint density at radius 2 is 1.78 bits per heavy atom. The average molecular weight is 398 g/mol. The Hall–Kier alpha value is -1.92. The van der Waals surface area contributed by atoms with Gasteiger partial charge in [0, 0.05) is 23.9 Å². The van der Waals surface area contributed by atoms with Crippen molar-refractivity contribution in [3.05, 3.63) is 47.1 Å². The van der Waals surface area contributed by atoms with Crippen LogP contribution in [0.1, 0.15) is 48.6 Å². The van der Waals surface area contributed by atoms with Crippen LogP contribution in [-0.2, 0) is 10.8 Å². The molecular weight excluding hydrogens is 374 g/mol. The highest BCUT2D eigenvalue weighted by atomic mass is 32.2. The molecule has 2 heterocycles. The quantitative estimate of drug-likeness (QED) is 0.556. The minimum Gasteiger partial charge on any atom is -0.251 e. The molecule has 0 saturated heterocycles. The van der Waals surface area contributed by atoms with Crippen molar-refractivity contribution in [1.82, 2.24) is 15.0 Å². The van der Waals surface area contributed by atoms with Crippen molar-refractivity contribution < 1.29 is 4.21 Å². The lowest BCUT2D eigenvalue weighted by Crippen LogP contribution is -2.03. The van der Waals surface area contributed by atoms with E-state index in [1.54, 1.807) is 23.8 Å². The van der Waals surface area contributed by atoms with E-state index in [-0.39, 0.29) is 0 Å². The summed E-state index contributed by atoms with van der Waals surface area (Å²) in [5.74, 6) is 0.545. The summed E-state index contributed by atoms with van der Waals surface area (Å²) in [6, 6.07) is 10.4. The average Bonchev–Trinajstić information content (AvgIpc) is 3.15. The molecule has 0 spiro atoms. The van der Waals surface area contributed by atoms with E-state index in [9.17, 15) is 4.21 Å². The van der Waals surface area contributed by atoms with E-state index < -0.39 is 10.8 Å². The summed E-state index contributed by atoms with van der Waals surface area (Å²) < 4.78 is 11.8. The Balaban J connectivity index is 1.83. The first-order valence-electron chi connectivity index (χ1n) is 9.36. The van der Waals surface area contributed by atoms with Crippen molar-refractivity contribution in [2.75, 3.05) is 6.26 Å². The van der Waals surface area contributed by atoms with Gasteiger partial charge in [0.2, 0.25) is 5.16 Å². The molecule has 0 bridgehead atoms. The number of hydrogen-bond acceptors (Lipinski definition) is 5. The van der Waals surface area contributed by atoms with Crippen molar-refractivity contribution in [2.24, 2.45) is 0 Å². The number of nitrogens with zero attached hydrogens (tertiary/aromatic N) is 3. The van der Waals surface area contributed by atoms with Gasteiger partial charge in [-0.25, -0.2) is 15.0 Å². The van der Waals surface area contributed by atoms with Crippen LogP contribution in [0.15, 0.2) is 41.7 Å². The first-order valence-corrected chi connectivity index (χ1v) is 11.7. The molecule has 27 heavy (non-hydrogen) atoms. The summed E-state index contributed by atoms with van der Waals surface area (Å²) in [4.78, 5) is 14.8. The van der Waals surface area contributed by atoms with Crippen molar-refractivity contribution in [3.63, 3.8) is 0 Å². The largest absolute Gasteiger partial charge is 0.251 e. The van der Waals surface area contributed by atoms with Crippen LogP contribution in [0, 0.1) is 6.92 Å². The zero-order valence-electron chi connectivity index (χ0n) is 15.6. The molecule has 4 nitrogen and oxygen atoms in total. The maximum absolute atomic E-state index is 11.8. The van der Waals surface area contributed by atoms with Crippen molar-refractivity contribution >= 4 is 22.1 Å². The molecule has 1 saturated carbocycles. The highest BCUT2D eigenvalue weighted by molar-refractivity contribution is 7.84. The number of rotatable bonds is 4. The van der Waals surface area contributed by atoms with Gasteiger partial charge in [-0.05, 0) is 25.8 Å². The van der Waals surface area contributed by atoms with Crippen LogP contribution < -0.4 is 0 Å². The Bertz CT molecular complexity index is 960. The molecule has 0 radical (unpaired) electrons. The third-order valence-corrected chi connectivity index (χ3v) is 7.00. The lowest BCUT2D eigenvalue weighted by atomic mass is 9.90. The van der Waals surface area contributed by atoms with Gasteiger partial charge in [-0.2, -0.15) is 0 Å². The van der Waals surface area contributed by atoms with Gasteiger partial charge in [0.1, 0.15) is 0 Å². The second kappa shape index (κ2) is 7.98. The predicted octanol–water partition coefficient (Wildman–Crippen LogP) is 5.36. The van der Waals surface area contributed by atoms with Crippen LogP contribution in [0.25, 0.3) is 21.8 Å². The van der Waals surface area contributed by atoms with Crippen LogP contribution in [0.5, 0.6) is 0 Å². The normalized spacial score (nSPS) is 16.4. The fraction of sp³-hybridized carbons (Fsp3) is 0.381. The van der Waals surface area contributed by atoms with E-state index in [4.69, 9.17) is 4.98 Å². The van der Waals surface area contributed by atoms with Crippen molar-refractivity contribution in [1.29, 1.82) is 0 Å². The van der Waals surface area contributed by atoms with Gasteiger partial charge >= 0.3 is 0 Å². The summed E-state index contributed by atoms with van der Waals surface area (Å²) >= 11 is 1.74. The number of thiazole rings is 1. The second-order valence-corrected chi connectivity index (χ2v) is 9.41. The Kier molecular flexibility index (Phi) is 5.45. The zero-order chi connectivity index (χ0) is 18.8. The maximum atomic E-state index is 11.8. The molecule has 1 unspecified atom stereocenters. The minimum atomic E-state index is -1.20. The number of benzene rings is 1. The van der Waals surface area contributed by atoms with Gasteiger partial charge in [0.15, 0.2) is 0 Å². The van der Waals surface area contributed by atoms with E-state index in [1.807, 2.05) is 6.07 Å². The van der Waals surface area contributed by atoms with Crippen LogP contribution in [0.2, 0.25) is 0 Å². The Morgan fingerprint density at radius 3 is 2.48 bits per heavy atom. The van der Waals surface area contributed by atoms with Crippen LogP contribution in [-0.4, -0.2) is 25.4 Å². The lowest BCUT2D eigenvalue weighted by Gasteiger charge is -2.18. The Labute approximate surface area is 166 Å². The molecule has 1 aliphatic rings. The van der Waals surface area contributed by atoms with Gasteiger partial charge in [0.05, 0.1) is 32.1 Å². The van der Waals surface area contributed by atoms with E-state index in [1.165, 1.54) is 42.7 Å². The summed E-state index contributed by atoms with van der Waals surface area (Å²) in [7, 11) is -1.20. The zero-order valence-corrected chi connectivity index (χ0v) is 17.3. The fourth-order valence-corrected chi connectivity index (χ4v) is 5.21. The molecule has 0 N–H and O–H groups in total. The molecule has 2 aromatic heterocycles. The number of aromatic nitrogens is 3. The van der Waals surface area contributed by atoms with E-state index in [0.29, 0.717) is 11.1 Å². The minimum absolute atomic E-state index is 0.370. The molecular formula is C21H23N3OS2. The molecule has 1 aromatic carbocycles. The highest BCUT2D eigenvalue weighted by Gasteiger charge is 2.23. The smallest absolute Gasteiger partial charge is 0.218 e. The number of hydrogen-bond donors (Lipinski definition) is 0. The van der Waals surface area contributed by atoms with Crippen LogP contribution in [0.4, 0.5) is 0 Å². The topological polar surface area (TPSA) is 55.7 Å². The predicted molar refractivity (Wildman–Crippen MR) is 111 cm³/mol. The molecule has 1 atom stereocenters. The maximum Gasteiger partial charge on any atom is 0.218 e. The molecule has 4 rings (SSSR count). The van der Waals surface area contributed by atoms with Gasteiger partial charge in [-0.15, -0.1) is 11.3 Å². The molecule has 1 aliphatic carbocycles. The lowest BCUT2D eigenvalue weighted by molar-refractivity contribution is 0.442. The third-order valence-electron chi connectivity index (χ3n) is 5.05.